The summed E-state index contributed by atoms with van der Waals surface area (Å²) in [6, 6.07) is 1.77. The number of piperazine rings is 1. The van der Waals surface area contributed by atoms with Gasteiger partial charge in [0.25, 0.3) is 0 Å². The van der Waals surface area contributed by atoms with Crippen LogP contribution in [0.3, 0.4) is 0 Å². The molecular weight excluding hydrogens is 208 g/mol. The molecule has 0 aromatic heterocycles. The fourth-order valence-electron chi connectivity index (χ4n) is 0.984. The summed E-state index contributed by atoms with van der Waals surface area (Å²) in [6.07, 6.45) is 0. The highest BCUT2D eigenvalue weighted by molar-refractivity contribution is 7.96. The zero-order valence-electron chi connectivity index (χ0n) is 7.40. The van der Waals surface area contributed by atoms with Gasteiger partial charge in [-0.2, -0.15) is 9.66 Å². The first-order valence-electron chi connectivity index (χ1n) is 3.96. The van der Waals surface area contributed by atoms with Gasteiger partial charge in [-0.25, -0.2) is 4.31 Å². The van der Waals surface area contributed by atoms with E-state index >= 15 is 0 Å². The van der Waals surface area contributed by atoms with Crippen LogP contribution < -0.4 is 0 Å². The van der Waals surface area contributed by atoms with Gasteiger partial charge in [-0.15, -0.1) is 0 Å². The Morgan fingerprint density at radius 2 is 2.08 bits per heavy atom. The molecule has 0 radical (unpaired) electrons. The first-order valence-corrected chi connectivity index (χ1v) is 5.07. The molecule has 0 saturated carbocycles. The van der Waals surface area contributed by atoms with Crippen molar-refractivity contribution in [2.24, 2.45) is 4.40 Å². The Balaban J connectivity index is 2.28. The lowest BCUT2D eigenvalue weighted by atomic mass is 10.4. The van der Waals surface area contributed by atoms with Gasteiger partial charge in [-0.3, -0.25) is 0 Å². The van der Waals surface area contributed by atoms with E-state index in [0.29, 0.717) is 0 Å². The molecule has 0 spiro atoms. The predicted molar refractivity (Wildman–Crippen MR) is 55.6 cm³/mol. The molecule has 4 nitrogen and oxygen atoms in total. The highest BCUT2D eigenvalue weighted by Crippen LogP contribution is 2.14. The van der Waals surface area contributed by atoms with E-state index in [4.69, 9.17) is 16.9 Å². The number of nitriles is 1. The Labute approximate surface area is 87.4 Å². The number of nitrogens with zero attached hydrogens (tertiary/aromatic N) is 4. The summed E-state index contributed by atoms with van der Waals surface area (Å²) < 4.78 is 5.93. The Hall–Kier alpha value is -0.280. The van der Waals surface area contributed by atoms with Crippen molar-refractivity contribution < 1.29 is 0 Å². The van der Waals surface area contributed by atoms with Crippen LogP contribution in [0.2, 0.25) is 0 Å². The Morgan fingerprint density at radius 3 is 2.62 bits per heavy atom. The minimum atomic E-state index is 0.00364. The molecule has 72 valence electrons. The maximum atomic E-state index is 8.35. The Kier molecular flexibility index (Phi) is 4.53. The fourth-order valence-corrected chi connectivity index (χ4v) is 1.63. The summed E-state index contributed by atoms with van der Waals surface area (Å²) >= 11 is 6.72. The van der Waals surface area contributed by atoms with Gasteiger partial charge in [-0.05, 0) is 18.6 Å². The molecular formula is C7H11ClN4S. The van der Waals surface area contributed by atoms with Crippen LogP contribution in [0.25, 0.3) is 0 Å². The van der Waals surface area contributed by atoms with Crippen molar-refractivity contribution in [1.29, 1.82) is 5.26 Å². The van der Waals surface area contributed by atoms with Gasteiger partial charge in [0.1, 0.15) is 6.07 Å². The second-order valence-electron chi connectivity index (χ2n) is 2.81. The molecule has 0 unspecified atom stereocenters. The molecule has 0 N–H and O–H groups in total. The first kappa shape index (κ1) is 10.8. The second kappa shape index (κ2) is 5.45. The summed E-state index contributed by atoms with van der Waals surface area (Å²) in [6.45, 7) is 3.99. The zero-order chi connectivity index (χ0) is 9.68. The summed E-state index contributed by atoms with van der Waals surface area (Å²) in [5, 5.41) is 8.36. The van der Waals surface area contributed by atoms with Gasteiger partial charge < -0.3 is 4.90 Å². The van der Waals surface area contributed by atoms with Crippen molar-refractivity contribution >= 4 is 28.9 Å². The van der Waals surface area contributed by atoms with Crippen LogP contribution in [0.5, 0.6) is 0 Å². The molecule has 0 bridgehead atoms. The van der Waals surface area contributed by atoms with Crippen LogP contribution in [0.4, 0.5) is 0 Å². The summed E-state index contributed by atoms with van der Waals surface area (Å²) in [7, 11) is 2.09. The van der Waals surface area contributed by atoms with E-state index in [-0.39, 0.29) is 5.17 Å². The Bertz CT molecular complexity index is 229. The molecule has 6 heteroatoms. The lowest BCUT2D eigenvalue weighted by molar-refractivity contribution is 0.233. The summed E-state index contributed by atoms with van der Waals surface area (Å²) in [4.78, 5) is 2.26. The van der Waals surface area contributed by atoms with Crippen LogP contribution in [-0.2, 0) is 0 Å². The minimum absolute atomic E-state index is 0.00364. The van der Waals surface area contributed by atoms with Crippen LogP contribution in [0.1, 0.15) is 0 Å². The lowest BCUT2D eigenvalue weighted by Crippen LogP contribution is -2.40. The van der Waals surface area contributed by atoms with E-state index in [0.717, 1.165) is 26.2 Å². The first-order chi connectivity index (χ1) is 6.22. The molecule has 1 aliphatic rings. The van der Waals surface area contributed by atoms with Gasteiger partial charge in [0.15, 0.2) is 0 Å². The topological polar surface area (TPSA) is 42.6 Å². The molecule has 1 saturated heterocycles. The van der Waals surface area contributed by atoms with Gasteiger partial charge in [0, 0.05) is 26.2 Å². The molecule has 0 aromatic rings. The van der Waals surface area contributed by atoms with Gasteiger partial charge >= 0.3 is 0 Å². The smallest absolute Gasteiger partial charge is 0.215 e. The second-order valence-corrected chi connectivity index (χ2v) is 4.03. The molecule has 1 aliphatic heterocycles. The van der Waals surface area contributed by atoms with E-state index in [1.165, 1.54) is 12.1 Å². The number of likely N-dealkylation sites (N-methyl/N-ethyl adjacent to an activating group) is 1. The van der Waals surface area contributed by atoms with Crippen molar-refractivity contribution in [3.05, 3.63) is 0 Å². The number of rotatable bonds is 2. The van der Waals surface area contributed by atoms with Gasteiger partial charge in [0.05, 0.1) is 12.1 Å². The van der Waals surface area contributed by atoms with Crippen LogP contribution >= 0.6 is 23.7 Å². The maximum Gasteiger partial charge on any atom is 0.215 e. The molecule has 1 fully saturated rings. The van der Waals surface area contributed by atoms with E-state index in [9.17, 15) is 0 Å². The molecule has 1 rings (SSSR count). The third kappa shape index (κ3) is 3.96. The average Bonchev–Trinajstić information content (AvgIpc) is 2.16. The maximum absolute atomic E-state index is 8.35. The monoisotopic (exact) mass is 218 g/mol. The van der Waals surface area contributed by atoms with Crippen molar-refractivity contribution in [3.63, 3.8) is 0 Å². The standard InChI is InChI=1S/C7H11ClN4S/c1-11-2-4-12(5-3-11)13-10-7(8)6-9/h2-5H2,1H3/b10-7-. The lowest BCUT2D eigenvalue weighted by Gasteiger charge is -2.29. The molecule has 1 heterocycles. The summed E-state index contributed by atoms with van der Waals surface area (Å²) in [5.74, 6) is 0. The van der Waals surface area contributed by atoms with Crippen molar-refractivity contribution in [2.75, 3.05) is 33.2 Å². The number of halogens is 1. The average molecular weight is 219 g/mol. The van der Waals surface area contributed by atoms with E-state index in [2.05, 4.69) is 20.7 Å². The summed E-state index contributed by atoms with van der Waals surface area (Å²) in [5.41, 5.74) is 0. The highest BCUT2D eigenvalue weighted by Gasteiger charge is 2.13. The van der Waals surface area contributed by atoms with E-state index in [1.807, 2.05) is 0 Å². The zero-order valence-corrected chi connectivity index (χ0v) is 8.98. The van der Waals surface area contributed by atoms with E-state index < -0.39 is 0 Å². The molecule has 0 atom stereocenters. The normalized spacial score (nSPS) is 21.5. The van der Waals surface area contributed by atoms with Crippen LogP contribution in [0.15, 0.2) is 4.40 Å². The molecule has 0 aromatic carbocycles. The molecule has 0 amide bonds. The largest absolute Gasteiger partial charge is 0.304 e. The number of hydrogen-bond acceptors (Lipinski definition) is 5. The predicted octanol–water partition coefficient (Wildman–Crippen LogP) is 0.958. The SMILES string of the molecule is CN1CCN(S/N=C(\Cl)C#N)CC1. The van der Waals surface area contributed by atoms with Crippen molar-refractivity contribution in [1.82, 2.24) is 9.21 Å². The van der Waals surface area contributed by atoms with E-state index in [1.54, 1.807) is 6.07 Å². The van der Waals surface area contributed by atoms with Crippen LogP contribution in [-0.4, -0.2) is 47.6 Å². The quantitative estimate of drug-likeness (QED) is 0.512. The van der Waals surface area contributed by atoms with Crippen molar-refractivity contribution in [2.45, 2.75) is 0 Å². The Morgan fingerprint density at radius 1 is 1.46 bits per heavy atom. The fraction of sp³-hybridized carbons (Fsp3) is 0.714. The van der Waals surface area contributed by atoms with Crippen LogP contribution in [0, 0.1) is 11.3 Å². The number of hydrogen-bond donors (Lipinski definition) is 0. The third-order valence-corrected chi connectivity index (χ3v) is 2.92. The minimum Gasteiger partial charge on any atom is -0.304 e. The highest BCUT2D eigenvalue weighted by atomic mass is 35.5. The molecule has 13 heavy (non-hydrogen) atoms. The van der Waals surface area contributed by atoms with Crippen molar-refractivity contribution in [3.8, 4) is 6.07 Å². The van der Waals surface area contributed by atoms with Gasteiger partial charge in [0.2, 0.25) is 5.17 Å². The van der Waals surface area contributed by atoms with Gasteiger partial charge in [-0.1, -0.05) is 0 Å². The third-order valence-electron chi connectivity index (χ3n) is 1.79. The molecule has 0 aliphatic carbocycles.